The summed E-state index contributed by atoms with van der Waals surface area (Å²) in [5, 5.41) is 9.24. The van der Waals surface area contributed by atoms with Crippen LogP contribution in [0.3, 0.4) is 0 Å². The average molecular weight is 346 g/mol. The second kappa shape index (κ2) is 6.04. The molecule has 1 atom stereocenters. The number of nitrogens with zero attached hydrogens (tertiary/aromatic N) is 2. The lowest BCUT2D eigenvalue weighted by Gasteiger charge is -2.28. The third-order valence-electron chi connectivity index (χ3n) is 4.05. The molecule has 3 aromatic rings. The molecule has 1 aromatic heterocycles. The van der Waals surface area contributed by atoms with Crippen LogP contribution in [-0.4, -0.2) is 4.98 Å². The molecule has 0 saturated carbocycles. The summed E-state index contributed by atoms with van der Waals surface area (Å²) in [5.41, 5.74) is 14.4. The SMILES string of the molecule is N#Cc1c(N)nc2c(c1N)C(Sc1ccccc1)c1ccccc1O2. The fraction of sp³-hybridized carbons (Fsp3) is 0.0526. The largest absolute Gasteiger partial charge is 0.438 e. The minimum absolute atomic E-state index is 0.0848. The van der Waals surface area contributed by atoms with Crippen LogP contribution >= 0.6 is 11.8 Å². The van der Waals surface area contributed by atoms with Crippen LogP contribution < -0.4 is 16.2 Å². The van der Waals surface area contributed by atoms with Crippen molar-refractivity contribution < 1.29 is 4.74 Å². The van der Waals surface area contributed by atoms with Crippen LogP contribution in [0.5, 0.6) is 11.6 Å². The summed E-state index contributed by atoms with van der Waals surface area (Å²) in [5.74, 6) is 1.17. The van der Waals surface area contributed by atoms with E-state index >= 15 is 0 Å². The first-order valence-corrected chi connectivity index (χ1v) is 8.54. The molecule has 0 amide bonds. The summed E-state index contributed by atoms with van der Waals surface area (Å²) in [6, 6.07) is 19.8. The topological polar surface area (TPSA) is 98.0 Å². The number of hydrogen-bond donors (Lipinski definition) is 2. The van der Waals surface area contributed by atoms with E-state index in [2.05, 4.69) is 4.98 Å². The molecule has 0 saturated heterocycles. The highest BCUT2D eigenvalue weighted by atomic mass is 32.2. The Balaban J connectivity index is 1.92. The molecule has 1 aliphatic rings. The number of anilines is 2. The Bertz CT molecular complexity index is 998. The lowest BCUT2D eigenvalue weighted by atomic mass is 9.98. The Morgan fingerprint density at radius 3 is 2.52 bits per heavy atom. The maximum absolute atomic E-state index is 9.37. The number of fused-ring (bicyclic) bond motifs is 2. The Kier molecular flexibility index (Phi) is 3.71. The van der Waals surface area contributed by atoms with Crippen molar-refractivity contribution in [3.05, 3.63) is 71.3 Å². The lowest BCUT2D eigenvalue weighted by molar-refractivity contribution is 0.441. The molecule has 6 heteroatoms. The Hall–Kier alpha value is -3.17. The maximum Gasteiger partial charge on any atom is 0.228 e. The van der Waals surface area contributed by atoms with E-state index in [9.17, 15) is 5.26 Å². The number of hydrogen-bond acceptors (Lipinski definition) is 6. The maximum atomic E-state index is 9.37. The van der Waals surface area contributed by atoms with Crippen molar-refractivity contribution in [1.29, 1.82) is 5.26 Å². The van der Waals surface area contributed by atoms with Crippen molar-refractivity contribution in [3.63, 3.8) is 0 Å². The molecule has 0 bridgehead atoms. The number of ether oxygens (including phenoxy) is 1. The van der Waals surface area contributed by atoms with Gasteiger partial charge in [-0.2, -0.15) is 10.2 Å². The third-order valence-corrected chi connectivity index (χ3v) is 5.32. The first kappa shape index (κ1) is 15.4. The molecule has 1 aliphatic heterocycles. The fourth-order valence-corrected chi connectivity index (χ4v) is 4.12. The second-order valence-electron chi connectivity index (χ2n) is 5.57. The third kappa shape index (κ3) is 2.55. The number of aromatic nitrogens is 1. The van der Waals surface area contributed by atoms with E-state index in [1.807, 2.05) is 60.7 Å². The zero-order chi connectivity index (χ0) is 17.4. The van der Waals surface area contributed by atoms with Gasteiger partial charge in [0.15, 0.2) is 0 Å². The Labute approximate surface area is 149 Å². The van der Waals surface area contributed by atoms with Gasteiger partial charge in [0.1, 0.15) is 23.2 Å². The van der Waals surface area contributed by atoms with Gasteiger partial charge < -0.3 is 16.2 Å². The van der Waals surface area contributed by atoms with Crippen LogP contribution in [0.15, 0.2) is 59.5 Å². The quantitative estimate of drug-likeness (QED) is 0.725. The smallest absolute Gasteiger partial charge is 0.228 e. The van der Waals surface area contributed by atoms with Crippen LogP contribution in [0.1, 0.15) is 21.9 Å². The van der Waals surface area contributed by atoms with E-state index in [0.29, 0.717) is 17.1 Å². The average Bonchev–Trinajstić information content (AvgIpc) is 2.62. The molecule has 2 heterocycles. The molecule has 0 aliphatic carbocycles. The molecule has 2 aromatic carbocycles. The van der Waals surface area contributed by atoms with E-state index < -0.39 is 0 Å². The molecule has 122 valence electrons. The molecule has 4 rings (SSSR count). The monoisotopic (exact) mass is 346 g/mol. The van der Waals surface area contributed by atoms with Gasteiger partial charge in [-0.05, 0) is 18.2 Å². The van der Waals surface area contributed by atoms with Crippen LogP contribution in [0.4, 0.5) is 11.5 Å². The van der Waals surface area contributed by atoms with Gasteiger partial charge in [0, 0.05) is 10.5 Å². The molecule has 0 fully saturated rings. The Morgan fingerprint density at radius 1 is 1.04 bits per heavy atom. The molecular formula is C19H14N4OS. The molecular weight excluding hydrogens is 332 g/mol. The van der Waals surface area contributed by atoms with E-state index in [1.54, 1.807) is 11.8 Å². The van der Waals surface area contributed by atoms with Crippen molar-refractivity contribution in [2.75, 3.05) is 11.5 Å². The van der Waals surface area contributed by atoms with Gasteiger partial charge in [-0.3, -0.25) is 0 Å². The summed E-state index contributed by atoms with van der Waals surface area (Å²) in [7, 11) is 0. The fourth-order valence-electron chi connectivity index (χ4n) is 2.87. The molecule has 5 nitrogen and oxygen atoms in total. The van der Waals surface area contributed by atoms with Gasteiger partial charge in [-0.25, -0.2) is 0 Å². The number of thioether (sulfide) groups is 1. The standard InChI is InChI=1S/C19H14N4OS/c20-10-13-16(21)15-17(25-11-6-2-1-3-7-11)12-8-4-5-9-14(12)24-19(15)23-18(13)22/h1-9,17H,(H4,21,22,23). The van der Waals surface area contributed by atoms with Gasteiger partial charge >= 0.3 is 0 Å². The van der Waals surface area contributed by atoms with E-state index in [-0.39, 0.29) is 16.6 Å². The highest BCUT2D eigenvalue weighted by Crippen LogP contribution is 2.53. The highest BCUT2D eigenvalue weighted by molar-refractivity contribution is 7.99. The highest BCUT2D eigenvalue weighted by Gasteiger charge is 2.33. The first-order chi connectivity index (χ1) is 12.2. The summed E-state index contributed by atoms with van der Waals surface area (Å²) in [6.07, 6.45) is 0. The number of nitrogens with two attached hydrogens (primary N) is 2. The molecule has 1 unspecified atom stereocenters. The van der Waals surface area contributed by atoms with Gasteiger partial charge in [0.2, 0.25) is 5.88 Å². The van der Waals surface area contributed by atoms with Gasteiger partial charge in [0.25, 0.3) is 0 Å². The Morgan fingerprint density at radius 2 is 1.76 bits per heavy atom. The normalized spacial score (nSPS) is 14.8. The summed E-state index contributed by atoms with van der Waals surface area (Å²) < 4.78 is 5.91. The van der Waals surface area contributed by atoms with Gasteiger partial charge in [-0.15, -0.1) is 11.8 Å². The van der Waals surface area contributed by atoms with Crippen molar-refractivity contribution in [2.45, 2.75) is 10.1 Å². The summed E-state index contributed by atoms with van der Waals surface area (Å²) in [4.78, 5) is 5.36. The minimum atomic E-state index is -0.137. The van der Waals surface area contributed by atoms with Gasteiger partial charge in [-0.1, -0.05) is 36.4 Å². The number of para-hydroxylation sites is 1. The van der Waals surface area contributed by atoms with Crippen molar-refractivity contribution >= 4 is 23.3 Å². The van der Waals surface area contributed by atoms with E-state index in [4.69, 9.17) is 16.2 Å². The summed E-state index contributed by atoms with van der Waals surface area (Å²) in [6.45, 7) is 0. The zero-order valence-corrected chi connectivity index (χ0v) is 14.0. The molecule has 25 heavy (non-hydrogen) atoms. The number of pyridine rings is 1. The number of nitrogen functional groups attached to an aromatic ring is 2. The number of benzene rings is 2. The zero-order valence-electron chi connectivity index (χ0n) is 13.1. The summed E-state index contributed by atoms with van der Waals surface area (Å²) >= 11 is 1.64. The molecule has 0 spiro atoms. The lowest BCUT2D eigenvalue weighted by Crippen LogP contribution is -2.14. The van der Waals surface area contributed by atoms with E-state index in [0.717, 1.165) is 16.2 Å². The minimum Gasteiger partial charge on any atom is -0.438 e. The van der Waals surface area contributed by atoms with Crippen LogP contribution in [0, 0.1) is 11.3 Å². The van der Waals surface area contributed by atoms with Crippen molar-refractivity contribution in [1.82, 2.24) is 4.98 Å². The molecule has 4 N–H and O–H groups in total. The predicted molar refractivity (Wildman–Crippen MR) is 98.4 cm³/mol. The van der Waals surface area contributed by atoms with E-state index in [1.165, 1.54) is 0 Å². The number of nitriles is 1. The van der Waals surface area contributed by atoms with Crippen LogP contribution in [-0.2, 0) is 0 Å². The second-order valence-corrected chi connectivity index (χ2v) is 6.75. The first-order valence-electron chi connectivity index (χ1n) is 7.66. The van der Waals surface area contributed by atoms with Gasteiger partial charge in [0.05, 0.1) is 16.5 Å². The van der Waals surface area contributed by atoms with Crippen LogP contribution in [0.2, 0.25) is 0 Å². The van der Waals surface area contributed by atoms with Crippen molar-refractivity contribution in [2.24, 2.45) is 0 Å². The van der Waals surface area contributed by atoms with Crippen molar-refractivity contribution in [3.8, 4) is 17.7 Å². The number of rotatable bonds is 2. The van der Waals surface area contributed by atoms with Crippen LogP contribution in [0.25, 0.3) is 0 Å². The molecule has 0 radical (unpaired) electrons. The predicted octanol–water partition coefficient (Wildman–Crippen LogP) is 4.11.